The van der Waals surface area contributed by atoms with Crippen molar-refractivity contribution in [1.82, 2.24) is 4.72 Å². The summed E-state index contributed by atoms with van der Waals surface area (Å²) in [7, 11) is -3.86. The molecule has 2 rings (SSSR count). The van der Waals surface area contributed by atoms with Crippen LogP contribution in [0.25, 0.3) is 0 Å². The molecule has 26 heavy (non-hydrogen) atoms. The number of halogens is 2. The molecule has 0 radical (unpaired) electrons. The third kappa shape index (κ3) is 5.01. The minimum atomic E-state index is -3.86. The number of anilines is 2. The first-order valence-corrected chi connectivity index (χ1v) is 10.6. The number of carbonyl (C=O) groups excluding carboxylic acids is 1. The molecule has 0 aliphatic carbocycles. The van der Waals surface area contributed by atoms with Gasteiger partial charge in [0, 0.05) is 11.9 Å². The van der Waals surface area contributed by atoms with E-state index < -0.39 is 21.8 Å². The lowest BCUT2D eigenvalue weighted by molar-refractivity contribution is 0.262. The molecule has 0 spiro atoms. The van der Waals surface area contributed by atoms with Gasteiger partial charge in [0.1, 0.15) is 0 Å². The van der Waals surface area contributed by atoms with Crippen molar-refractivity contribution in [1.29, 1.82) is 0 Å². The maximum Gasteiger partial charge on any atom is 0.323 e. The Morgan fingerprint density at radius 2 is 1.88 bits per heavy atom. The van der Waals surface area contributed by atoms with Crippen LogP contribution in [-0.2, 0) is 10.0 Å². The molecule has 2 aromatic rings. The number of sulfonamides is 1. The summed E-state index contributed by atoms with van der Waals surface area (Å²) < 4.78 is 26.5. The van der Waals surface area contributed by atoms with E-state index in [1.165, 1.54) is 5.38 Å². The minimum absolute atomic E-state index is 0.0319. The summed E-state index contributed by atoms with van der Waals surface area (Å²) in [5, 5.41) is 16.8. The fraction of sp³-hybridized carbons (Fsp3) is 0.267. The topological polar surface area (TPSA) is 108 Å². The summed E-state index contributed by atoms with van der Waals surface area (Å²) in [6.45, 7) is 3.94. The highest BCUT2D eigenvalue weighted by atomic mass is 35.5. The molecule has 0 saturated heterocycles. The number of aromatic hydroxyl groups is 1. The van der Waals surface area contributed by atoms with Crippen LogP contribution >= 0.6 is 34.5 Å². The Morgan fingerprint density at radius 1 is 1.23 bits per heavy atom. The average molecular weight is 438 g/mol. The zero-order chi connectivity index (χ0) is 19.5. The van der Waals surface area contributed by atoms with Gasteiger partial charge in [-0.15, -0.1) is 11.3 Å². The summed E-state index contributed by atoms with van der Waals surface area (Å²) in [5.74, 6) is -0.420. The van der Waals surface area contributed by atoms with Crippen molar-refractivity contribution < 1.29 is 18.3 Å². The van der Waals surface area contributed by atoms with E-state index in [1.54, 1.807) is 18.2 Å². The largest absolute Gasteiger partial charge is 0.504 e. The van der Waals surface area contributed by atoms with Gasteiger partial charge in [-0.25, -0.2) is 17.9 Å². The van der Waals surface area contributed by atoms with Crippen LogP contribution in [0.4, 0.5) is 16.2 Å². The molecule has 0 atom stereocenters. The van der Waals surface area contributed by atoms with Gasteiger partial charge in [-0.2, -0.15) is 0 Å². The first-order valence-electron chi connectivity index (χ1n) is 7.44. The molecule has 0 aliphatic rings. The van der Waals surface area contributed by atoms with Crippen LogP contribution in [0.2, 0.25) is 10.0 Å². The molecular formula is C15H17Cl2N3O4S2. The molecule has 0 fully saturated rings. The summed E-state index contributed by atoms with van der Waals surface area (Å²) >= 11 is 12.7. The van der Waals surface area contributed by atoms with E-state index in [4.69, 9.17) is 23.2 Å². The SMILES string of the molecule is CC(C)CNS(=O)(=O)c1scc(NC(=O)Nc2cccc(Cl)c2Cl)c1O. The van der Waals surface area contributed by atoms with Crippen molar-refractivity contribution in [3.05, 3.63) is 33.6 Å². The molecule has 7 nitrogen and oxygen atoms in total. The van der Waals surface area contributed by atoms with Crippen LogP contribution in [0.5, 0.6) is 5.75 Å². The predicted octanol–water partition coefficient (Wildman–Crippen LogP) is 4.34. The van der Waals surface area contributed by atoms with Crippen molar-refractivity contribution in [3.63, 3.8) is 0 Å². The van der Waals surface area contributed by atoms with E-state index >= 15 is 0 Å². The summed E-state index contributed by atoms with van der Waals surface area (Å²) in [4.78, 5) is 12.1. The highest BCUT2D eigenvalue weighted by molar-refractivity contribution is 7.91. The number of benzene rings is 1. The van der Waals surface area contributed by atoms with Crippen molar-refractivity contribution >= 4 is 62.0 Å². The molecule has 2 amide bonds. The molecular weight excluding hydrogens is 421 g/mol. The molecule has 11 heteroatoms. The normalized spacial score (nSPS) is 11.6. The second-order valence-corrected chi connectivity index (χ2v) is 9.34. The molecule has 0 saturated carbocycles. The Bertz CT molecular complexity index is 914. The summed E-state index contributed by atoms with van der Waals surface area (Å²) in [6.07, 6.45) is 0. The third-order valence-corrected chi connectivity index (χ3v) is 6.86. The van der Waals surface area contributed by atoms with Gasteiger partial charge < -0.3 is 15.7 Å². The maximum absolute atomic E-state index is 12.2. The number of amides is 2. The van der Waals surface area contributed by atoms with Gasteiger partial charge in [0.15, 0.2) is 9.96 Å². The second kappa shape index (κ2) is 8.45. The van der Waals surface area contributed by atoms with Crippen molar-refractivity contribution in [2.75, 3.05) is 17.2 Å². The van der Waals surface area contributed by atoms with Crippen LogP contribution < -0.4 is 15.4 Å². The Morgan fingerprint density at radius 3 is 2.54 bits per heavy atom. The number of carbonyl (C=O) groups is 1. The lowest BCUT2D eigenvalue weighted by atomic mass is 10.2. The van der Waals surface area contributed by atoms with Crippen LogP contribution in [0.1, 0.15) is 13.8 Å². The fourth-order valence-corrected chi connectivity index (χ4v) is 4.67. The van der Waals surface area contributed by atoms with E-state index in [0.29, 0.717) is 0 Å². The molecule has 0 bridgehead atoms. The van der Waals surface area contributed by atoms with Crippen molar-refractivity contribution in [2.24, 2.45) is 5.92 Å². The molecule has 1 aromatic heterocycles. The number of rotatable bonds is 6. The van der Waals surface area contributed by atoms with Crippen molar-refractivity contribution in [2.45, 2.75) is 18.1 Å². The fourth-order valence-electron chi connectivity index (χ4n) is 1.83. The highest BCUT2D eigenvalue weighted by Gasteiger charge is 2.24. The van der Waals surface area contributed by atoms with Crippen LogP contribution in [0, 0.1) is 5.92 Å². The number of hydrogen-bond donors (Lipinski definition) is 4. The monoisotopic (exact) mass is 437 g/mol. The lowest BCUT2D eigenvalue weighted by Crippen LogP contribution is -2.27. The third-order valence-electron chi connectivity index (χ3n) is 3.11. The van der Waals surface area contributed by atoms with Gasteiger partial charge in [-0.05, 0) is 18.1 Å². The van der Waals surface area contributed by atoms with E-state index in [0.717, 1.165) is 11.3 Å². The Hall–Kier alpha value is -1.52. The first-order chi connectivity index (χ1) is 12.1. The minimum Gasteiger partial charge on any atom is -0.504 e. The number of nitrogens with one attached hydrogen (secondary N) is 3. The zero-order valence-electron chi connectivity index (χ0n) is 13.8. The van der Waals surface area contributed by atoms with E-state index in [2.05, 4.69) is 15.4 Å². The van der Waals surface area contributed by atoms with Crippen LogP contribution in [-0.4, -0.2) is 26.1 Å². The lowest BCUT2D eigenvalue weighted by Gasteiger charge is -2.10. The van der Waals surface area contributed by atoms with E-state index in [1.807, 2.05) is 13.8 Å². The van der Waals surface area contributed by atoms with Gasteiger partial charge in [0.2, 0.25) is 0 Å². The Kier molecular flexibility index (Phi) is 6.75. The van der Waals surface area contributed by atoms with Gasteiger partial charge in [0.05, 0.1) is 21.4 Å². The van der Waals surface area contributed by atoms with E-state index in [-0.39, 0.29) is 38.1 Å². The summed E-state index contributed by atoms with van der Waals surface area (Å²) in [5.41, 5.74) is 0.244. The first kappa shape index (κ1) is 20.8. The average Bonchev–Trinajstić information content (AvgIpc) is 2.91. The van der Waals surface area contributed by atoms with Gasteiger partial charge in [-0.3, -0.25) is 0 Å². The predicted molar refractivity (Wildman–Crippen MR) is 105 cm³/mol. The smallest absolute Gasteiger partial charge is 0.323 e. The van der Waals surface area contributed by atoms with Gasteiger partial charge in [-0.1, -0.05) is 43.1 Å². The van der Waals surface area contributed by atoms with Crippen LogP contribution in [0.3, 0.4) is 0 Å². The van der Waals surface area contributed by atoms with Gasteiger partial charge >= 0.3 is 6.03 Å². The molecule has 1 heterocycles. The number of thiophene rings is 1. The summed E-state index contributed by atoms with van der Waals surface area (Å²) in [6, 6.07) is 4.02. The standard InChI is InChI=1S/C15H17Cl2N3O4S2/c1-8(2)6-18-26(23,24)14-13(21)11(7-25-14)20-15(22)19-10-5-3-4-9(16)12(10)17/h3-5,7-8,18,21H,6H2,1-2H3,(H2,19,20,22). The number of hydrogen-bond acceptors (Lipinski definition) is 5. The molecule has 1 aromatic carbocycles. The highest BCUT2D eigenvalue weighted by Crippen LogP contribution is 2.37. The Balaban J connectivity index is 2.12. The quantitative estimate of drug-likeness (QED) is 0.538. The molecule has 0 aliphatic heterocycles. The molecule has 142 valence electrons. The van der Waals surface area contributed by atoms with Gasteiger partial charge in [0.25, 0.3) is 10.0 Å². The maximum atomic E-state index is 12.2. The Labute approximate surface area is 165 Å². The van der Waals surface area contributed by atoms with Crippen LogP contribution in [0.15, 0.2) is 27.8 Å². The van der Waals surface area contributed by atoms with Crippen molar-refractivity contribution in [3.8, 4) is 5.75 Å². The zero-order valence-corrected chi connectivity index (χ0v) is 17.0. The number of urea groups is 1. The molecule has 0 unspecified atom stereocenters. The van der Waals surface area contributed by atoms with E-state index in [9.17, 15) is 18.3 Å². The molecule has 4 N–H and O–H groups in total. The second-order valence-electron chi connectivity index (χ2n) is 5.71.